The highest BCUT2D eigenvalue weighted by atomic mass is 19.4. The number of hydrogen-bond donors (Lipinski definition) is 3. The Kier molecular flexibility index (Phi) is 8.01. The number of urea groups is 1. The highest BCUT2D eigenvalue weighted by Crippen LogP contribution is 2.35. The van der Waals surface area contributed by atoms with Crippen molar-refractivity contribution >= 4 is 28.4 Å². The zero-order valence-corrected chi connectivity index (χ0v) is 21.9. The van der Waals surface area contributed by atoms with Crippen LogP contribution in [0.25, 0.3) is 22.2 Å². The minimum Gasteiger partial charge on any atom is -0.394 e. The number of aromatic nitrogens is 3. The number of nitrogens with zero attached hydrogens (tertiary/aromatic N) is 5. The van der Waals surface area contributed by atoms with Crippen molar-refractivity contribution in [3.8, 4) is 11.1 Å². The first kappa shape index (κ1) is 27.6. The number of alkyl halides is 3. The highest BCUT2D eigenvalue weighted by Gasteiger charge is 2.34. The van der Waals surface area contributed by atoms with E-state index in [2.05, 4.69) is 25.6 Å². The molecule has 1 saturated heterocycles. The monoisotopic (exact) mass is 553 g/mol. The fraction of sp³-hybridized carbons (Fsp3) is 0.321. The summed E-state index contributed by atoms with van der Waals surface area (Å²) in [5.74, 6) is 0. The van der Waals surface area contributed by atoms with Crippen molar-refractivity contribution in [3.05, 3.63) is 72.1 Å². The van der Waals surface area contributed by atoms with Gasteiger partial charge in [0.15, 0.2) is 5.65 Å². The average molecular weight is 554 g/mol. The minimum absolute atomic E-state index is 0.0522. The summed E-state index contributed by atoms with van der Waals surface area (Å²) in [4.78, 5) is 21.1. The third-order valence-electron chi connectivity index (χ3n) is 6.97. The molecule has 2 amide bonds. The number of hydrogen-bond acceptors (Lipinski definition) is 6. The molecule has 3 N–H and O–H groups in total. The van der Waals surface area contributed by atoms with Crippen molar-refractivity contribution in [2.45, 2.75) is 19.3 Å². The molecule has 40 heavy (non-hydrogen) atoms. The average Bonchev–Trinajstić information content (AvgIpc) is 3.34. The number of anilines is 2. The first-order valence-corrected chi connectivity index (χ1v) is 12.9. The number of likely N-dealkylation sites (N-methyl/N-ethyl adjacent to an activating group) is 1. The van der Waals surface area contributed by atoms with Gasteiger partial charge in [0.05, 0.1) is 24.9 Å². The van der Waals surface area contributed by atoms with E-state index in [1.165, 1.54) is 12.1 Å². The summed E-state index contributed by atoms with van der Waals surface area (Å²) in [6.07, 6.45) is -1.18. The Balaban J connectivity index is 1.26. The number of carbonyl (C=O) groups is 1. The Morgan fingerprint density at radius 1 is 1.00 bits per heavy atom. The predicted molar refractivity (Wildman–Crippen MR) is 147 cm³/mol. The van der Waals surface area contributed by atoms with Gasteiger partial charge >= 0.3 is 12.2 Å². The van der Waals surface area contributed by atoms with Gasteiger partial charge in [0.2, 0.25) is 0 Å². The maximum Gasteiger partial charge on any atom is 0.416 e. The molecule has 0 bridgehead atoms. The molecule has 2 aromatic carbocycles. The third-order valence-corrected chi connectivity index (χ3v) is 6.97. The number of carbonyl (C=O) groups excluding carboxylic acids is 1. The van der Waals surface area contributed by atoms with Gasteiger partial charge in [-0.05, 0) is 54.1 Å². The molecular formula is C28H30F3N7O2. The Bertz CT molecular complexity index is 1480. The van der Waals surface area contributed by atoms with E-state index in [9.17, 15) is 23.1 Å². The van der Waals surface area contributed by atoms with Crippen LogP contribution >= 0.6 is 0 Å². The number of nitrogens with one attached hydrogen (secondary N) is 2. The van der Waals surface area contributed by atoms with Crippen LogP contribution in [0.1, 0.15) is 11.1 Å². The lowest BCUT2D eigenvalue weighted by Crippen LogP contribution is -2.44. The summed E-state index contributed by atoms with van der Waals surface area (Å²) >= 11 is 0. The molecule has 1 aliphatic heterocycles. The van der Waals surface area contributed by atoms with Crippen LogP contribution in [0.5, 0.6) is 0 Å². The molecular weight excluding hydrogens is 523 g/mol. The highest BCUT2D eigenvalue weighted by molar-refractivity contribution is 6.00. The number of fused-ring (bicyclic) bond motifs is 1. The van der Waals surface area contributed by atoms with Crippen LogP contribution in [-0.2, 0) is 19.3 Å². The largest absolute Gasteiger partial charge is 0.416 e. The van der Waals surface area contributed by atoms with Crippen LogP contribution in [0.15, 0.2) is 60.9 Å². The smallest absolute Gasteiger partial charge is 0.394 e. The van der Waals surface area contributed by atoms with Gasteiger partial charge in [-0.3, -0.25) is 4.90 Å². The Hall–Kier alpha value is -4.00. The SMILES string of the molecule is CN1CCN(Cc2ccc(NC(=O)Nc3ccc(-c4ccnc5c4cnn5CCO)cc3)cc2C(F)(F)F)CC1. The number of aliphatic hydroxyl groups excluding tert-OH is 1. The van der Waals surface area contributed by atoms with Crippen LogP contribution in [0.3, 0.4) is 0 Å². The number of aliphatic hydroxyl groups is 1. The van der Waals surface area contributed by atoms with Gasteiger partial charge < -0.3 is 20.6 Å². The lowest BCUT2D eigenvalue weighted by atomic mass is 10.0. The summed E-state index contributed by atoms with van der Waals surface area (Å²) in [6.45, 7) is 3.51. The first-order chi connectivity index (χ1) is 19.2. The molecule has 5 rings (SSSR count). The second kappa shape index (κ2) is 11.6. The molecule has 3 heterocycles. The van der Waals surface area contributed by atoms with E-state index in [0.29, 0.717) is 31.0 Å². The Morgan fingerprint density at radius 3 is 2.40 bits per heavy atom. The molecule has 2 aromatic heterocycles. The van der Waals surface area contributed by atoms with E-state index >= 15 is 0 Å². The Morgan fingerprint density at radius 2 is 1.70 bits per heavy atom. The van der Waals surface area contributed by atoms with Crippen LogP contribution in [0.2, 0.25) is 0 Å². The zero-order valence-electron chi connectivity index (χ0n) is 21.9. The van der Waals surface area contributed by atoms with Gasteiger partial charge in [0.25, 0.3) is 0 Å². The fourth-order valence-electron chi connectivity index (χ4n) is 4.82. The molecule has 12 heteroatoms. The van der Waals surface area contributed by atoms with E-state index in [-0.39, 0.29) is 24.4 Å². The molecule has 1 aliphatic rings. The first-order valence-electron chi connectivity index (χ1n) is 12.9. The molecule has 0 saturated carbocycles. The van der Waals surface area contributed by atoms with Gasteiger partial charge in [-0.15, -0.1) is 0 Å². The number of rotatable bonds is 7. The van der Waals surface area contributed by atoms with E-state index in [0.717, 1.165) is 35.7 Å². The summed E-state index contributed by atoms with van der Waals surface area (Å²) in [6, 6.07) is 12.2. The molecule has 4 aromatic rings. The maximum absolute atomic E-state index is 13.9. The number of halogens is 3. The molecule has 0 atom stereocenters. The second-order valence-electron chi connectivity index (χ2n) is 9.79. The fourth-order valence-corrected chi connectivity index (χ4v) is 4.82. The molecule has 0 spiro atoms. The van der Waals surface area contributed by atoms with E-state index in [4.69, 9.17) is 0 Å². The summed E-state index contributed by atoms with van der Waals surface area (Å²) in [5.41, 5.74) is 2.38. The van der Waals surface area contributed by atoms with Crippen molar-refractivity contribution in [1.29, 1.82) is 0 Å². The van der Waals surface area contributed by atoms with E-state index in [1.54, 1.807) is 29.2 Å². The molecule has 0 aliphatic carbocycles. The van der Waals surface area contributed by atoms with E-state index in [1.807, 2.05) is 30.1 Å². The van der Waals surface area contributed by atoms with Crippen molar-refractivity contribution in [3.63, 3.8) is 0 Å². The standard InChI is InChI=1S/C28H30F3N7O2/c1-36-10-12-37(13-11-36)18-20-4-7-22(16-25(20)28(29,30)31)35-27(40)34-21-5-2-19(3-6-21)23-8-9-32-26-24(23)17-33-38(26)14-15-39/h2-9,16-17,39H,10-15,18H2,1H3,(H2,34,35,40). The lowest BCUT2D eigenvalue weighted by molar-refractivity contribution is -0.138. The van der Waals surface area contributed by atoms with Crippen LogP contribution in [0.4, 0.5) is 29.3 Å². The second-order valence-corrected chi connectivity index (χ2v) is 9.79. The van der Waals surface area contributed by atoms with Gasteiger partial charge in [-0.1, -0.05) is 18.2 Å². The zero-order chi connectivity index (χ0) is 28.3. The van der Waals surface area contributed by atoms with Crippen molar-refractivity contribution in [1.82, 2.24) is 24.6 Å². The topological polar surface area (TPSA) is 98.5 Å². The normalized spacial score (nSPS) is 14.9. The summed E-state index contributed by atoms with van der Waals surface area (Å²) in [5, 5.41) is 19.5. The van der Waals surface area contributed by atoms with Gasteiger partial charge in [-0.2, -0.15) is 18.3 Å². The number of piperazine rings is 1. The predicted octanol–water partition coefficient (Wildman–Crippen LogP) is 4.50. The van der Waals surface area contributed by atoms with Crippen LogP contribution < -0.4 is 10.6 Å². The number of benzene rings is 2. The van der Waals surface area contributed by atoms with Gasteiger partial charge in [0.1, 0.15) is 0 Å². The third kappa shape index (κ3) is 6.24. The van der Waals surface area contributed by atoms with Crippen LogP contribution in [-0.4, -0.2) is 75.5 Å². The maximum atomic E-state index is 13.9. The molecule has 1 fully saturated rings. The lowest BCUT2D eigenvalue weighted by Gasteiger charge is -2.33. The van der Waals surface area contributed by atoms with Gasteiger partial charge in [0, 0.05) is 55.7 Å². The summed E-state index contributed by atoms with van der Waals surface area (Å²) < 4.78 is 43.2. The molecule has 9 nitrogen and oxygen atoms in total. The van der Waals surface area contributed by atoms with Crippen molar-refractivity contribution in [2.24, 2.45) is 0 Å². The van der Waals surface area contributed by atoms with E-state index < -0.39 is 17.8 Å². The Labute approximate surface area is 229 Å². The molecule has 0 radical (unpaired) electrons. The summed E-state index contributed by atoms with van der Waals surface area (Å²) in [7, 11) is 1.99. The molecule has 210 valence electrons. The quantitative estimate of drug-likeness (QED) is 0.312. The number of pyridine rings is 1. The van der Waals surface area contributed by atoms with Crippen molar-refractivity contribution < 1.29 is 23.1 Å². The minimum atomic E-state index is -4.54. The number of amides is 2. The van der Waals surface area contributed by atoms with Gasteiger partial charge in [-0.25, -0.2) is 14.5 Å². The van der Waals surface area contributed by atoms with Crippen molar-refractivity contribution in [2.75, 3.05) is 50.5 Å². The molecule has 0 unspecified atom stereocenters. The van der Waals surface area contributed by atoms with Crippen LogP contribution in [0, 0.1) is 0 Å².